The lowest BCUT2D eigenvalue weighted by atomic mass is 10.3. The van der Waals surface area contributed by atoms with Crippen molar-refractivity contribution in [3.63, 3.8) is 0 Å². The van der Waals surface area contributed by atoms with Crippen LogP contribution in [0.15, 0.2) is 22.7 Å². The third-order valence-electron chi connectivity index (χ3n) is 2.83. The number of anilines is 1. The number of aromatic nitrogens is 2. The Morgan fingerprint density at radius 3 is 2.84 bits per heavy atom. The minimum Gasteiger partial charge on any atom is -0.378 e. The molecule has 0 radical (unpaired) electrons. The van der Waals surface area contributed by atoms with E-state index in [-0.39, 0.29) is 0 Å². The Balaban J connectivity index is 2.18. The summed E-state index contributed by atoms with van der Waals surface area (Å²) < 4.78 is 4.18. The van der Waals surface area contributed by atoms with Crippen molar-refractivity contribution in [1.29, 1.82) is 0 Å². The Morgan fingerprint density at radius 1 is 1.47 bits per heavy atom. The van der Waals surface area contributed by atoms with Crippen LogP contribution in [-0.2, 0) is 13.1 Å². The van der Waals surface area contributed by atoms with Crippen LogP contribution >= 0.6 is 50.1 Å². The van der Waals surface area contributed by atoms with Crippen molar-refractivity contribution in [2.24, 2.45) is 0 Å². The molecule has 1 N–H and O–H groups in total. The summed E-state index contributed by atoms with van der Waals surface area (Å²) in [7, 11) is 0. The molecule has 1 heterocycles. The van der Waals surface area contributed by atoms with E-state index in [2.05, 4.69) is 55.9 Å². The zero-order valence-corrected chi connectivity index (χ0v) is 15.2. The summed E-state index contributed by atoms with van der Waals surface area (Å²) in [4.78, 5) is 0. The molecule has 2 aromatic rings. The molecule has 0 atom stereocenters. The predicted molar refractivity (Wildman–Crippen MR) is 91.8 cm³/mol. The number of nitrogens with zero attached hydrogens (tertiary/aromatic N) is 2. The third kappa shape index (κ3) is 3.44. The maximum absolute atomic E-state index is 6.21. The minimum atomic E-state index is 0.690. The Kier molecular flexibility index (Phi) is 5.14. The number of nitrogens with one attached hydrogen (secondary N) is 1. The molecule has 1 aromatic heterocycles. The standard InChI is InChI=1S/C13H14BrClIN3/c1-3-19-12(13(14)8(2)18-19)7-17-11-5-4-9(16)6-10(11)15/h4-6,17H,3,7H2,1-2H3. The van der Waals surface area contributed by atoms with Gasteiger partial charge in [0.05, 0.1) is 33.1 Å². The number of hydrogen-bond acceptors (Lipinski definition) is 2. The van der Waals surface area contributed by atoms with Crippen LogP contribution in [-0.4, -0.2) is 9.78 Å². The van der Waals surface area contributed by atoms with Crippen molar-refractivity contribution in [2.75, 3.05) is 5.32 Å². The van der Waals surface area contributed by atoms with Crippen molar-refractivity contribution < 1.29 is 0 Å². The van der Waals surface area contributed by atoms with Crippen molar-refractivity contribution in [3.05, 3.63) is 42.7 Å². The second kappa shape index (κ2) is 6.45. The van der Waals surface area contributed by atoms with Gasteiger partial charge in [-0.05, 0) is 70.6 Å². The molecule has 6 heteroatoms. The van der Waals surface area contributed by atoms with Crippen LogP contribution in [0, 0.1) is 10.5 Å². The van der Waals surface area contributed by atoms with Crippen LogP contribution in [0.2, 0.25) is 5.02 Å². The number of benzene rings is 1. The fourth-order valence-electron chi connectivity index (χ4n) is 1.85. The molecule has 0 aliphatic rings. The molecule has 3 nitrogen and oxygen atoms in total. The van der Waals surface area contributed by atoms with Crippen LogP contribution in [0.4, 0.5) is 5.69 Å². The summed E-state index contributed by atoms with van der Waals surface area (Å²) in [5.41, 5.74) is 3.08. The van der Waals surface area contributed by atoms with E-state index >= 15 is 0 Å². The molecule has 0 saturated carbocycles. The molecule has 0 aliphatic heterocycles. The SMILES string of the molecule is CCn1nc(C)c(Br)c1CNc1ccc(I)cc1Cl. The van der Waals surface area contributed by atoms with Crippen molar-refractivity contribution in [2.45, 2.75) is 26.9 Å². The van der Waals surface area contributed by atoms with Crippen LogP contribution in [0.3, 0.4) is 0 Å². The molecule has 0 spiro atoms. The molecule has 0 amide bonds. The average Bonchev–Trinajstić information content (AvgIpc) is 2.65. The first kappa shape index (κ1) is 15.1. The first-order valence-electron chi connectivity index (χ1n) is 5.93. The second-order valence-electron chi connectivity index (χ2n) is 4.14. The molecule has 0 saturated heterocycles. The highest BCUT2D eigenvalue weighted by molar-refractivity contribution is 14.1. The van der Waals surface area contributed by atoms with E-state index in [1.54, 1.807) is 0 Å². The maximum atomic E-state index is 6.21. The van der Waals surface area contributed by atoms with Gasteiger partial charge in [0.1, 0.15) is 0 Å². The lowest BCUT2D eigenvalue weighted by Gasteiger charge is -2.10. The highest BCUT2D eigenvalue weighted by Crippen LogP contribution is 2.26. The number of rotatable bonds is 4. The topological polar surface area (TPSA) is 29.9 Å². The van der Waals surface area contributed by atoms with Gasteiger partial charge >= 0.3 is 0 Å². The number of hydrogen-bond donors (Lipinski definition) is 1. The zero-order chi connectivity index (χ0) is 14.0. The van der Waals surface area contributed by atoms with E-state index in [9.17, 15) is 0 Å². The summed E-state index contributed by atoms with van der Waals surface area (Å²) >= 11 is 12.0. The van der Waals surface area contributed by atoms with E-state index in [1.165, 1.54) is 0 Å². The van der Waals surface area contributed by atoms with Gasteiger partial charge in [0.25, 0.3) is 0 Å². The maximum Gasteiger partial charge on any atom is 0.0739 e. The van der Waals surface area contributed by atoms with Gasteiger partial charge in [0.2, 0.25) is 0 Å². The van der Waals surface area contributed by atoms with Crippen molar-refractivity contribution in [3.8, 4) is 0 Å². The van der Waals surface area contributed by atoms with E-state index in [0.29, 0.717) is 6.54 Å². The highest BCUT2D eigenvalue weighted by Gasteiger charge is 2.12. The minimum absolute atomic E-state index is 0.690. The normalized spacial score (nSPS) is 10.8. The van der Waals surface area contributed by atoms with Crippen molar-refractivity contribution in [1.82, 2.24) is 9.78 Å². The first-order chi connectivity index (χ1) is 9.02. The summed E-state index contributed by atoms with van der Waals surface area (Å²) in [5, 5.41) is 8.57. The molecular weight excluding hydrogens is 440 g/mol. The number of halogens is 3. The molecule has 0 unspecified atom stereocenters. The molecule has 0 aliphatic carbocycles. The smallest absolute Gasteiger partial charge is 0.0739 e. The Morgan fingerprint density at radius 2 is 2.21 bits per heavy atom. The fraction of sp³-hybridized carbons (Fsp3) is 0.308. The largest absolute Gasteiger partial charge is 0.378 e. The van der Waals surface area contributed by atoms with Crippen LogP contribution in [0.5, 0.6) is 0 Å². The summed E-state index contributed by atoms with van der Waals surface area (Å²) in [6, 6.07) is 5.98. The van der Waals surface area contributed by atoms with Gasteiger partial charge in [-0.2, -0.15) is 5.10 Å². The van der Waals surface area contributed by atoms with E-state index in [0.717, 1.165) is 36.7 Å². The lowest BCUT2D eigenvalue weighted by Crippen LogP contribution is -2.08. The molecular formula is C13H14BrClIN3. The molecule has 102 valence electrons. The monoisotopic (exact) mass is 453 g/mol. The quantitative estimate of drug-likeness (QED) is 0.670. The van der Waals surface area contributed by atoms with Crippen LogP contribution in [0.25, 0.3) is 0 Å². The summed E-state index contributed by atoms with van der Waals surface area (Å²) in [6.45, 7) is 5.62. The van der Waals surface area contributed by atoms with Crippen LogP contribution in [0.1, 0.15) is 18.3 Å². The van der Waals surface area contributed by atoms with Gasteiger partial charge in [0.15, 0.2) is 0 Å². The summed E-state index contributed by atoms with van der Waals surface area (Å²) in [5.74, 6) is 0. The molecule has 0 bridgehead atoms. The van der Waals surface area contributed by atoms with Gasteiger partial charge < -0.3 is 5.32 Å². The van der Waals surface area contributed by atoms with Gasteiger partial charge in [0, 0.05) is 10.1 Å². The second-order valence-corrected chi connectivity index (χ2v) is 6.59. The van der Waals surface area contributed by atoms with Gasteiger partial charge in [-0.15, -0.1) is 0 Å². The van der Waals surface area contributed by atoms with E-state index < -0.39 is 0 Å². The van der Waals surface area contributed by atoms with Crippen molar-refractivity contribution >= 4 is 55.8 Å². The van der Waals surface area contributed by atoms with Crippen LogP contribution < -0.4 is 5.32 Å². The molecule has 0 fully saturated rings. The highest BCUT2D eigenvalue weighted by atomic mass is 127. The van der Waals surface area contributed by atoms with E-state index in [1.807, 2.05) is 29.8 Å². The predicted octanol–water partition coefficient (Wildman–Crippen LogP) is 4.84. The fourth-order valence-corrected chi connectivity index (χ4v) is 3.20. The first-order valence-corrected chi connectivity index (χ1v) is 8.18. The lowest BCUT2D eigenvalue weighted by molar-refractivity contribution is 0.622. The molecule has 19 heavy (non-hydrogen) atoms. The summed E-state index contributed by atoms with van der Waals surface area (Å²) in [6.07, 6.45) is 0. The van der Waals surface area contributed by atoms with Gasteiger partial charge in [-0.1, -0.05) is 11.6 Å². The van der Waals surface area contributed by atoms with Gasteiger partial charge in [-0.3, -0.25) is 4.68 Å². The van der Waals surface area contributed by atoms with E-state index in [4.69, 9.17) is 11.6 Å². The number of aryl methyl sites for hydroxylation is 2. The Hall–Kier alpha value is -0.270. The molecule has 1 aromatic carbocycles. The third-order valence-corrected chi connectivity index (χ3v) is 4.85. The molecule has 2 rings (SSSR count). The zero-order valence-electron chi connectivity index (χ0n) is 10.7. The average molecular weight is 455 g/mol. The Bertz CT molecular complexity index is 598. The van der Waals surface area contributed by atoms with Gasteiger partial charge in [-0.25, -0.2) is 0 Å². The Labute approximate surface area is 140 Å².